The third-order valence-corrected chi connectivity index (χ3v) is 3.50. The maximum Gasteiger partial charge on any atom is 0.260 e. The maximum atomic E-state index is 12.1. The second-order valence-electron chi connectivity index (χ2n) is 4.83. The first-order chi connectivity index (χ1) is 10.1. The third-order valence-electron chi connectivity index (χ3n) is 3.50. The van der Waals surface area contributed by atoms with Gasteiger partial charge >= 0.3 is 0 Å². The Labute approximate surface area is 124 Å². The lowest BCUT2D eigenvalue weighted by molar-refractivity contribution is -0.139. The lowest BCUT2D eigenvalue weighted by Crippen LogP contribution is -2.51. The highest BCUT2D eigenvalue weighted by Crippen LogP contribution is 2.25. The molecule has 0 atom stereocenters. The second kappa shape index (κ2) is 6.97. The number of nitrogens with zero attached hydrogens (tertiary/aromatic N) is 2. The molecule has 2 amide bonds. The average molecular weight is 292 g/mol. The minimum atomic E-state index is -0.0795. The van der Waals surface area contributed by atoms with Crippen LogP contribution in [0.15, 0.2) is 24.3 Å². The van der Waals surface area contributed by atoms with Crippen LogP contribution in [0.25, 0.3) is 0 Å². The fourth-order valence-electron chi connectivity index (χ4n) is 2.24. The van der Waals surface area contributed by atoms with Crippen molar-refractivity contribution in [2.75, 3.05) is 39.9 Å². The third kappa shape index (κ3) is 3.87. The Kier molecular flexibility index (Phi) is 5.03. The molecule has 0 unspecified atom stereocenters. The van der Waals surface area contributed by atoms with Gasteiger partial charge < -0.3 is 19.3 Å². The zero-order valence-electron chi connectivity index (χ0n) is 12.4. The van der Waals surface area contributed by atoms with Gasteiger partial charge in [-0.25, -0.2) is 0 Å². The molecular weight excluding hydrogens is 272 g/mol. The van der Waals surface area contributed by atoms with Crippen LogP contribution in [0, 0.1) is 0 Å². The predicted octanol–water partition coefficient (Wildman–Crippen LogP) is 0.765. The molecule has 0 radical (unpaired) electrons. The van der Waals surface area contributed by atoms with Gasteiger partial charge in [0.2, 0.25) is 5.91 Å². The smallest absolute Gasteiger partial charge is 0.260 e. The number of rotatable bonds is 4. The van der Waals surface area contributed by atoms with Crippen LogP contribution in [0.4, 0.5) is 0 Å². The van der Waals surface area contributed by atoms with E-state index in [0.29, 0.717) is 37.7 Å². The normalized spacial score (nSPS) is 14.8. The molecule has 114 valence electrons. The highest BCUT2D eigenvalue weighted by Gasteiger charge is 2.22. The van der Waals surface area contributed by atoms with Crippen molar-refractivity contribution in [3.05, 3.63) is 24.3 Å². The van der Waals surface area contributed by atoms with E-state index in [4.69, 9.17) is 9.47 Å². The van der Waals surface area contributed by atoms with Crippen LogP contribution in [-0.2, 0) is 9.59 Å². The summed E-state index contributed by atoms with van der Waals surface area (Å²) >= 11 is 0. The molecule has 0 bridgehead atoms. The first-order valence-corrected chi connectivity index (χ1v) is 6.91. The van der Waals surface area contributed by atoms with E-state index in [2.05, 4.69) is 0 Å². The number of para-hydroxylation sites is 2. The van der Waals surface area contributed by atoms with Gasteiger partial charge in [-0.3, -0.25) is 9.59 Å². The van der Waals surface area contributed by atoms with Crippen molar-refractivity contribution in [3.8, 4) is 11.5 Å². The molecule has 1 aromatic rings. The number of amides is 2. The molecule has 1 aliphatic heterocycles. The van der Waals surface area contributed by atoms with Gasteiger partial charge in [-0.05, 0) is 12.1 Å². The minimum absolute atomic E-state index is 0.0273. The van der Waals surface area contributed by atoms with E-state index in [1.165, 1.54) is 0 Å². The molecule has 0 N–H and O–H groups in total. The molecule has 6 heteroatoms. The lowest BCUT2D eigenvalue weighted by Gasteiger charge is -2.34. The summed E-state index contributed by atoms with van der Waals surface area (Å²) in [5, 5.41) is 0. The Hall–Kier alpha value is -2.24. The summed E-state index contributed by atoms with van der Waals surface area (Å²) in [4.78, 5) is 26.8. The Bertz CT molecular complexity index is 510. The molecule has 1 heterocycles. The Morgan fingerprint density at radius 3 is 2.19 bits per heavy atom. The topological polar surface area (TPSA) is 59.1 Å². The molecule has 1 aliphatic rings. The minimum Gasteiger partial charge on any atom is -0.493 e. The van der Waals surface area contributed by atoms with E-state index in [1.54, 1.807) is 36.0 Å². The fourth-order valence-corrected chi connectivity index (χ4v) is 2.24. The number of carbonyl (C=O) groups is 2. The zero-order chi connectivity index (χ0) is 15.2. The van der Waals surface area contributed by atoms with Crippen LogP contribution in [0.1, 0.15) is 6.92 Å². The summed E-state index contributed by atoms with van der Waals surface area (Å²) in [7, 11) is 1.56. The molecular formula is C15H20N2O4. The molecule has 2 rings (SSSR count). The Balaban J connectivity index is 1.84. The summed E-state index contributed by atoms with van der Waals surface area (Å²) in [5.74, 6) is 1.12. The van der Waals surface area contributed by atoms with Gasteiger partial charge in [0.15, 0.2) is 18.1 Å². The zero-order valence-corrected chi connectivity index (χ0v) is 12.4. The van der Waals surface area contributed by atoms with Crippen molar-refractivity contribution in [1.29, 1.82) is 0 Å². The summed E-state index contributed by atoms with van der Waals surface area (Å²) in [6.07, 6.45) is 0. The van der Waals surface area contributed by atoms with E-state index in [1.807, 2.05) is 12.1 Å². The van der Waals surface area contributed by atoms with Gasteiger partial charge in [0.1, 0.15) is 0 Å². The number of hydrogen-bond acceptors (Lipinski definition) is 4. The molecule has 1 saturated heterocycles. The second-order valence-corrected chi connectivity index (χ2v) is 4.83. The van der Waals surface area contributed by atoms with Gasteiger partial charge in [0.05, 0.1) is 7.11 Å². The number of hydrogen-bond donors (Lipinski definition) is 0. The van der Waals surface area contributed by atoms with E-state index in [0.717, 1.165) is 0 Å². The number of ether oxygens (including phenoxy) is 2. The van der Waals surface area contributed by atoms with Gasteiger partial charge in [-0.15, -0.1) is 0 Å². The average Bonchev–Trinajstić information content (AvgIpc) is 2.52. The van der Waals surface area contributed by atoms with Crippen LogP contribution >= 0.6 is 0 Å². The number of carbonyl (C=O) groups excluding carboxylic acids is 2. The van der Waals surface area contributed by atoms with E-state index >= 15 is 0 Å². The van der Waals surface area contributed by atoms with E-state index in [9.17, 15) is 9.59 Å². The van der Waals surface area contributed by atoms with Gasteiger partial charge in [0, 0.05) is 33.1 Å². The number of piperazine rings is 1. The highest BCUT2D eigenvalue weighted by atomic mass is 16.5. The van der Waals surface area contributed by atoms with Gasteiger partial charge in [-0.1, -0.05) is 12.1 Å². The quantitative estimate of drug-likeness (QED) is 0.822. The SMILES string of the molecule is COc1ccccc1OCC(=O)N1CCN(C(C)=O)CC1. The van der Waals surface area contributed by atoms with Crippen LogP contribution in [0.5, 0.6) is 11.5 Å². The molecule has 1 aromatic carbocycles. The lowest BCUT2D eigenvalue weighted by atomic mass is 10.3. The molecule has 0 aliphatic carbocycles. The van der Waals surface area contributed by atoms with Crippen molar-refractivity contribution < 1.29 is 19.1 Å². The van der Waals surface area contributed by atoms with Crippen molar-refractivity contribution in [2.45, 2.75) is 6.92 Å². The summed E-state index contributed by atoms with van der Waals surface area (Å²) < 4.78 is 10.7. The number of benzene rings is 1. The maximum absolute atomic E-state index is 12.1. The molecule has 0 saturated carbocycles. The van der Waals surface area contributed by atoms with Crippen molar-refractivity contribution in [3.63, 3.8) is 0 Å². The van der Waals surface area contributed by atoms with Crippen LogP contribution in [0.2, 0.25) is 0 Å². The monoisotopic (exact) mass is 292 g/mol. The summed E-state index contributed by atoms with van der Waals surface area (Å²) in [6, 6.07) is 7.22. The summed E-state index contributed by atoms with van der Waals surface area (Å²) in [6.45, 7) is 3.77. The largest absolute Gasteiger partial charge is 0.493 e. The van der Waals surface area contributed by atoms with Crippen LogP contribution in [0.3, 0.4) is 0 Å². The Morgan fingerprint density at radius 2 is 1.62 bits per heavy atom. The molecule has 1 fully saturated rings. The number of methoxy groups -OCH3 is 1. The summed E-state index contributed by atoms with van der Waals surface area (Å²) in [5.41, 5.74) is 0. The van der Waals surface area contributed by atoms with Crippen LogP contribution in [-0.4, -0.2) is 61.5 Å². The van der Waals surface area contributed by atoms with Gasteiger partial charge in [0.25, 0.3) is 5.91 Å². The van der Waals surface area contributed by atoms with Crippen molar-refractivity contribution >= 4 is 11.8 Å². The highest BCUT2D eigenvalue weighted by molar-refractivity contribution is 5.78. The molecule has 0 aromatic heterocycles. The van der Waals surface area contributed by atoms with Crippen molar-refractivity contribution in [1.82, 2.24) is 9.80 Å². The molecule has 0 spiro atoms. The Morgan fingerprint density at radius 1 is 1.05 bits per heavy atom. The van der Waals surface area contributed by atoms with Crippen molar-refractivity contribution in [2.24, 2.45) is 0 Å². The molecule has 6 nitrogen and oxygen atoms in total. The first kappa shape index (κ1) is 15.2. The standard InChI is InChI=1S/C15H20N2O4/c1-12(18)16-7-9-17(10-8-16)15(19)11-21-14-6-4-3-5-13(14)20-2/h3-6H,7-11H2,1-2H3. The fraction of sp³-hybridized carbons (Fsp3) is 0.467. The first-order valence-electron chi connectivity index (χ1n) is 6.91. The van der Waals surface area contributed by atoms with Gasteiger partial charge in [-0.2, -0.15) is 0 Å². The van der Waals surface area contributed by atoms with Crippen LogP contribution < -0.4 is 9.47 Å². The molecule has 21 heavy (non-hydrogen) atoms. The van der Waals surface area contributed by atoms with E-state index in [-0.39, 0.29) is 18.4 Å². The van der Waals surface area contributed by atoms with E-state index < -0.39 is 0 Å². The predicted molar refractivity (Wildman–Crippen MR) is 77.3 cm³/mol.